The molecule has 49 heavy (non-hydrogen) atoms. The fourth-order valence-corrected chi connectivity index (χ4v) is 8.16. The van der Waals surface area contributed by atoms with E-state index < -0.39 is 0 Å². The fraction of sp³-hybridized carbons (Fsp3) is 0. The van der Waals surface area contributed by atoms with Crippen LogP contribution < -0.4 is 0 Å². The predicted octanol–water partition coefficient (Wildman–Crippen LogP) is 12.0. The molecule has 0 bridgehead atoms. The van der Waals surface area contributed by atoms with Crippen LogP contribution in [0.5, 0.6) is 0 Å². The molecule has 0 aliphatic heterocycles. The maximum absolute atomic E-state index is 5.62. The van der Waals surface area contributed by atoms with E-state index in [4.69, 9.17) is 9.97 Å². The van der Waals surface area contributed by atoms with Gasteiger partial charge in [0.15, 0.2) is 5.82 Å². The molecular weight excluding hydrogens is 595 g/mol. The summed E-state index contributed by atoms with van der Waals surface area (Å²) in [7, 11) is 0. The molecular formula is C46H27N3. The van der Waals surface area contributed by atoms with Gasteiger partial charge in [-0.25, -0.2) is 9.97 Å². The number of hydrogen-bond donors (Lipinski definition) is 0. The van der Waals surface area contributed by atoms with Gasteiger partial charge in [-0.2, -0.15) is 0 Å². The van der Waals surface area contributed by atoms with Crippen LogP contribution in [0.2, 0.25) is 0 Å². The molecule has 10 aromatic rings. The van der Waals surface area contributed by atoms with E-state index in [2.05, 4.69) is 168 Å². The van der Waals surface area contributed by atoms with Gasteiger partial charge < -0.3 is 0 Å². The molecule has 0 spiro atoms. The lowest BCUT2D eigenvalue weighted by Crippen LogP contribution is -2.04. The molecule has 0 radical (unpaired) electrons. The summed E-state index contributed by atoms with van der Waals surface area (Å²) >= 11 is 0. The van der Waals surface area contributed by atoms with E-state index in [1.165, 1.54) is 49.4 Å². The molecule has 2 heterocycles. The van der Waals surface area contributed by atoms with Crippen LogP contribution in [-0.4, -0.2) is 14.5 Å². The van der Waals surface area contributed by atoms with E-state index in [9.17, 15) is 0 Å². The van der Waals surface area contributed by atoms with Gasteiger partial charge >= 0.3 is 0 Å². The Balaban J connectivity index is 1.32. The van der Waals surface area contributed by atoms with Crippen molar-refractivity contribution in [1.29, 1.82) is 0 Å². The van der Waals surface area contributed by atoms with Crippen LogP contribution in [0.3, 0.4) is 0 Å². The first kappa shape index (κ1) is 26.5. The predicted molar refractivity (Wildman–Crippen MR) is 204 cm³/mol. The highest BCUT2D eigenvalue weighted by molar-refractivity contribution is 6.30. The van der Waals surface area contributed by atoms with Crippen molar-refractivity contribution in [3.8, 4) is 50.5 Å². The van der Waals surface area contributed by atoms with Gasteiger partial charge in [0, 0.05) is 21.7 Å². The Morgan fingerprint density at radius 1 is 0.388 bits per heavy atom. The van der Waals surface area contributed by atoms with E-state index in [0.29, 0.717) is 0 Å². The summed E-state index contributed by atoms with van der Waals surface area (Å²) in [5.74, 6) is 0.830. The number of rotatable bonds is 3. The van der Waals surface area contributed by atoms with Crippen LogP contribution in [0.4, 0.5) is 0 Å². The molecule has 8 aromatic carbocycles. The molecule has 3 heteroatoms. The molecule has 0 saturated heterocycles. The van der Waals surface area contributed by atoms with Gasteiger partial charge in [-0.3, -0.25) is 4.57 Å². The van der Waals surface area contributed by atoms with Crippen molar-refractivity contribution in [2.75, 3.05) is 0 Å². The van der Waals surface area contributed by atoms with Crippen molar-refractivity contribution in [1.82, 2.24) is 14.5 Å². The summed E-state index contributed by atoms with van der Waals surface area (Å²) in [6.07, 6.45) is 0. The van der Waals surface area contributed by atoms with Crippen LogP contribution in [0.1, 0.15) is 0 Å². The number of benzene rings is 8. The summed E-state index contributed by atoms with van der Waals surface area (Å²) in [6.45, 7) is 0. The normalized spacial score (nSPS) is 12.1. The van der Waals surface area contributed by atoms with Gasteiger partial charge in [0.2, 0.25) is 0 Å². The Morgan fingerprint density at radius 2 is 1.02 bits per heavy atom. The van der Waals surface area contributed by atoms with Crippen LogP contribution in [0, 0.1) is 0 Å². The second kappa shape index (κ2) is 9.96. The van der Waals surface area contributed by atoms with Crippen molar-refractivity contribution in [3.05, 3.63) is 164 Å². The first-order chi connectivity index (χ1) is 24.3. The molecule has 1 aliphatic rings. The third kappa shape index (κ3) is 3.73. The van der Waals surface area contributed by atoms with Crippen LogP contribution in [0.25, 0.3) is 105 Å². The molecule has 0 fully saturated rings. The third-order valence-corrected chi connectivity index (χ3v) is 10.3. The minimum atomic E-state index is 0.830. The largest absolute Gasteiger partial charge is 0.292 e. The molecule has 0 saturated carbocycles. The van der Waals surface area contributed by atoms with Gasteiger partial charge in [0.05, 0.1) is 22.1 Å². The zero-order valence-corrected chi connectivity index (χ0v) is 26.4. The molecule has 11 rings (SSSR count). The SMILES string of the molecule is c1ccc(-c2cccc(-c3nc4ccc5ccccc5c4nc3-n3c4cccc5c4c4c6c(cccc6ccc43)-c3ccccc3-5)c2)cc1. The van der Waals surface area contributed by atoms with Gasteiger partial charge in [-0.05, 0) is 73.8 Å². The Kier molecular flexibility index (Phi) is 5.38. The minimum Gasteiger partial charge on any atom is -0.292 e. The first-order valence-electron chi connectivity index (χ1n) is 16.8. The first-order valence-corrected chi connectivity index (χ1v) is 16.8. The van der Waals surface area contributed by atoms with Gasteiger partial charge in [0.25, 0.3) is 0 Å². The summed E-state index contributed by atoms with van der Waals surface area (Å²) in [5, 5.41) is 7.29. The molecule has 0 amide bonds. The van der Waals surface area contributed by atoms with Crippen molar-refractivity contribution in [2.24, 2.45) is 0 Å². The summed E-state index contributed by atoms with van der Waals surface area (Å²) in [4.78, 5) is 11.1. The summed E-state index contributed by atoms with van der Waals surface area (Å²) in [6, 6.07) is 58.8. The molecule has 3 nitrogen and oxygen atoms in total. The van der Waals surface area contributed by atoms with Gasteiger partial charge in [-0.1, -0.05) is 140 Å². The van der Waals surface area contributed by atoms with Crippen molar-refractivity contribution in [2.45, 2.75) is 0 Å². The van der Waals surface area contributed by atoms with Crippen LogP contribution in [0.15, 0.2) is 164 Å². The Bertz CT molecular complexity index is 2990. The standard InChI is InChI=1S/C46H27N3/c1-2-11-28(12-3-1)31-15-8-16-32(27-31)44-46(48-45-33-17-5-4-13-29(33)23-25-38(45)47-44)49-39-22-10-21-37-35-19-7-6-18-34(35)36-20-9-14-30-24-26-40(49)43(41(30)36)42(37)39/h1-27H. The highest BCUT2D eigenvalue weighted by Gasteiger charge is 2.26. The van der Waals surface area contributed by atoms with E-state index in [0.717, 1.165) is 55.5 Å². The number of hydrogen-bond acceptors (Lipinski definition) is 2. The van der Waals surface area contributed by atoms with E-state index in [-0.39, 0.29) is 0 Å². The topological polar surface area (TPSA) is 30.7 Å². The monoisotopic (exact) mass is 621 g/mol. The lowest BCUT2D eigenvalue weighted by atomic mass is 9.93. The van der Waals surface area contributed by atoms with Gasteiger partial charge in [0.1, 0.15) is 5.69 Å². The molecule has 0 N–H and O–H groups in total. The molecule has 226 valence electrons. The zero-order chi connectivity index (χ0) is 32.1. The Hall–Kier alpha value is -6.58. The zero-order valence-electron chi connectivity index (χ0n) is 26.4. The summed E-state index contributed by atoms with van der Waals surface area (Å²) < 4.78 is 2.37. The molecule has 2 aromatic heterocycles. The average molecular weight is 622 g/mol. The number of nitrogens with zero attached hydrogens (tertiary/aromatic N) is 3. The molecule has 0 unspecified atom stereocenters. The van der Waals surface area contributed by atoms with Crippen molar-refractivity contribution < 1.29 is 0 Å². The quantitative estimate of drug-likeness (QED) is 0.184. The average Bonchev–Trinajstić information content (AvgIpc) is 3.45. The van der Waals surface area contributed by atoms with Crippen LogP contribution >= 0.6 is 0 Å². The van der Waals surface area contributed by atoms with E-state index in [1.807, 2.05) is 0 Å². The van der Waals surface area contributed by atoms with E-state index >= 15 is 0 Å². The van der Waals surface area contributed by atoms with Crippen molar-refractivity contribution >= 4 is 54.4 Å². The smallest absolute Gasteiger partial charge is 0.165 e. The maximum Gasteiger partial charge on any atom is 0.165 e. The number of aromatic nitrogens is 3. The maximum atomic E-state index is 5.62. The minimum absolute atomic E-state index is 0.830. The Labute approximate surface area is 282 Å². The summed E-state index contributed by atoms with van der Waals surface area (Å²) in [5.41, 5.74) is 13.3. The lowest BCUT2D eigenvalue weighted by Gasteiger charge is -2.16. The van der Waals surface area contributed by atoms with Gasteiger partial charge in [-0.15, -0.1) is 0 Å². The highest BCUT2D eigenvalue weighted by atomic mass is 15.1. The van der Waals surface area contributed by atoms with Crippen LogP contribution in [-0.2, 0) is 0 Å². The third-order valence-electron chi connectivity index (χ3n) is 10.3. The number of fused-ring (bicyclic) bond motifs is 6. The second-order valence-electron chi connectivity index (χ2n) is 12.9. The fourth-order valence-electron chi connectivity index (χ4n) is 8.16. The Morgan fingerprint density at radius 3 is 1.90 bits per heavy atom. The van der Waals surface area contributed by atoms with E-state index in [1.54, 1.807) is 0 Å². The highest BCUT2D eigenvalue weighted by Crippen LogP contribution is 2.50. The lowest BCUT2D eigenvalue weighted by molar-refractivity contribution is 1.08. The molecule has 0 atom stereocenters. The van der Waals surface area contributed by atoms with Crippen molar-refractivity contribution in [3.63, 3.8) is 0 Å². The second-order valence-corrected chi connectivity index (χ2v) is 12.9. The molecule has 1 aliphatic carbocycles.